The van der Waals surface area contributed by atoms with Crippen LogP contribution in [0.15, 0.2) is 188 Å². The summed E-state index contributed by atoms with van der Waals surface area (Å²) in [4.78, 5) is 2.50. The van der Waals surface area contributed by atoms with Crippen molar-refractivity contribution in [2.24, 2.45) is 0 Å². The molecule has 1 heterocycles. The van der Waals surface area contributed by atoms with Crippen LogP contribution in [0.3, 0.4) is 0 Å². The summed E-state index contributed by atoms with van der Waals surface area (Å²) >= 11 is 1.87. The van der Waals surface area contributed by atoms with E-state index in [1.165, 1.54) is 81.5 Å². The Bertz CT molecular complexity index is 2780. The highest BCUT2D eigenvalue weighted by atomic mass is 32.1. The fourth-order valence-electron chi connectivity index (χ4n) is 9.19. The summed E-state index contributed by atoms with van der Waals surface area (Å²) in [5.41, 5.74) is 16.2. The molecule has 1 aromatic heterocycles. The first-order chi connectivity index (χ1) is 25.3. The van der Waals surface area contributed by atoms with Gasteiger partial charge >= 0.3 is 0 Å². The number of para-hydroxylation sites is 2. The number of hydrogen-bond acceptors (Lipinski definition) is 2. The standard InChI is InChI=1S/C49H31NS/c1-2-16-32(17-3-1)50(43-28-12-7-20-35(43)36-23-14-31-46-47(36)38-22-8-13-30-45(38)51-46)44-29-15-27-42-48(44)37-21-6-11-26-41(37)49(42)39-24-9-4-18-33(39)34-19-5-10-25-40(34)49/h1-31H. The number of anilines is 3. The topological polar surface area (TPSA) is 3.24 Å². The molecule has 0 unspecified atom stereocenters. The monoisotopic (exact) mass is 665 g/mol. The smallest absolute Gasteiger partial charge is 0.0726 e. The number of thiophene rings is 1. The molecule has 11 rings (SSSR count). The van der Waals surface area contributed by atoms with Crippen LogP contribution in [0.4, 0.5) is 17.1 Å². The van der Waals surface area contributed by atoms with Gasteiger partial charge in [-0.2, -0.15) is 0 Å². The van der Waals surface area contributed by atoms with Crippen LogP contribution >= 0.6 is 11.3 Å². The zero-order valence-electron chi connectivity index (χ0n) is 27.8. The fraction of sp³-hybridized carbons (Fsp3) is 0.0204. The average Bonchev–Trinajstić information content (AvgIpc) is 3.83. The maximum Gasteiger partial charge on any atom is 0.0726 e. The number of hydrogen-bond donors (Lipinski definition) is 0. The predicted molar refractivity (Wildman–Crippen MR) is 216 cm³/mol. The second-order valence-electron chi connectivity index (χ2n) is 13.6. The van der Waals surface area contributed by atoms with Crippen molar-refractivity contribution in [3.63, 3.8) is 0 Å². The first kappa shape index (κ1) is 28.6. The van der Waals surface area contributed by atoms with E-state index in [4.69, 9.17) is 0 Å². The number of benzene rings is 8. The van der Waals surface area contributed by atoms with Gasteiger partial charge in [0, 0.05) is 37.0 Å². The van der Waals surface area contributed by atoms with Gasteiger partial charge in [-0.05, 0) is 80.9 Å². The molecule has 2 aliphatic rings. The Morgan fingerprint density at radius 3 is 1.63 bits per heavy atom. The molecule has 9 aromatic rings. The van der Waals surface area contributed by atoms with E-state index >= 15 is 0 Å². The lowest BCUT2D eigenvalue weighted by molar-refractivity contribution is 0.794. The van der Waals surface area contributed by atoms with Gasteiger partial charge in [0.2, 0.25) is 0 Å². The van der Waals surface area contributed by atoms with Crippen LogP contribution in [0.5, 0.6) is 0 Å². The molecule has 8 aromatic carbocycles. The van der Waals surface area contributed by atoms with Gasteiger partial charge < -0.3 is 4.90 Å². The van der Waals surface area contributed by atoms with Gasteiger partial charge in [-0.25, -0.2) is 0 Å². The molecule has 2 heteroatoms. The van der Waals surface area contributed by atoms with Crippen molar-refractivity contribution in [3.8, 4) is 33.4 Å². The van der Waals surface area contributed by atoms with Crippen LogP contribution in [0.2, 0.25) is 0 Å². The predicted octanol–water partition coefficient (Wildman–Crippen LogP) is 13.5. The second kappa shape index (κ2) is 10.9. The zero-order chi connectivity index (χ0) is 33.5. The minimum Gasteiger partial charge on any atom is -0.309 e. The van der Waals surface area contributed by atoms with E-state index in [-0.39, 0.29) is 0 Å². The van der Waals surface area contributed by atoms with Gasteiger partial charge in [0.25, 0.3) is 0 Å². The summed E-state index contributed by atoms with van der Waals surface area (Å²) in [6.07, 6.45) is 0. The molecule has 238 valence electrons. The number of nitrogens with zero attached hydrogens (tertiary/aromatic N) is 1. The number of fused-ring (bicyclic) bond motifs is 13. The Hall–Kier alpha value is -6.22. The van der Waals surface area contributed by atoms with Gasteiger partial charge in [-0.15, -0.1) is 11.3 Å². The lowest BCUT2D eigenvalue weighted by Gasteiger charge is -2.32. The van der Waals surface area contributed by atoms with Crippen molar-refractivity contribution >= 4 is 48.6 Å². The van der Waals surface area contributed by atoms with E-state index in [9.17, 15) is 0 Å². The van der Waals surface area contributed by atoms with Crippen LogP contribution in [-0.4, -0.2) is 0 Å². The molecule has 1 nitrogen and oxygen atoms in total. The minimum absolute atomic E-state index is 0.405. The van der Waals surface area contributed by atoms with Crippen molar-refractivity contribution in [2.75, 3.05) is 4.90 Å². The first-order valence-corrected chi connectivity index (χ1v) is 18.4. The summed E-state index contributed by atoms with van der Waals surface area (Å²) < 4.78 is 2.63. The largest absolute Gasteiger partial charge is 0.309 e. The molecular weight excluding hydrogens is 635 g/mol. The molecule has 0 radical (unpaired) electrons. The summed E-state index contributed by atoms with van der Waals surface area (Å²) in [6, 6.07) is 69.6. The maximum atomic E-state index is 2.50. The molecule has 0 aliphatic heterocycles. The molecule has 0 saturated heterocycles. The van der Waals surface area contributed by atoms with Gasteiger partial charge in [-0.3, -0.25) is 0 Å². The zero-order valence-corrected chi connectivity index (χ0v) is 28.6. The van der Waals surface area contributed by atoms with Crippen LogP contribution in [-0.2, 0) is 5.41 Å². The van der Waals surface area contributed by atoms with Crippen molar-refractivity contribution < 1.29 is 0 Å². The maximum absolute atomic E-state index is 2.50. The third-order valence-electron chi connectivity index (χ3n) is 11.1. The molecular formula is C49H31NS. The molecule has 0 N–H and O–H groups in total. The molecule has 0 atom stereocenters. The molecule has 0 amide bonds. The number of rotatable bonds is 4. The average molecular weight is 666 g/mol. The van der Waals surface area contributed by atoms with Crippen molar-refractivity contribution in [2.45, 2.75) is 5.41 Å². The summed E-state index contributed by atoms with van der Waals surface area (Å²) in [5, 5.41) is 2.63. The normalized spacial score (nSPS) is 13.3. The Kier molecular flexibility index (Phi) is 6.11. The summed E-state index contributed by atoms with van der Waals surface area (Å²) in [5.74, 6) is 0. The molecule has 0 saturated carbocycles. The Balaban J connectivity index is 1.23. The quantitative estimate of drug-likeness (QED) is 0.181. The van der Waals surface area contributed by atoms with Gasteiger partial charge in [0.1, 0.15) is 0 Å². The van der Waals surface area contributed by atoms with Gasteiger partial charge in [-0.1, -0.05) is 152 Å². The lowest BCUT2D eigenvalue weighted by atomic mass is 9.70. The van der Waals surface area contributed by atoms with Crippen LogP contribution in [0, 0.1) is 0 Å². The Morgan fingerprint density at radius 2 is 0.863 bits per heavy atom. The Labute approximate surface area is 301 Å². The fourth-order valence-corrected chi connectivity index (χ4v) is 10.3. The van der Waals surface area contributed by atoms with E-state index in [1.54, 1.807) is 0 Å². The van der Waals surface area contributed by atoms with Gasteiger partial charge in [0.05, 0.1) is 16.8 Å². The highest BCUT2D eigenvalue weighted by Crippen LogP contribution is 2.64. The van der Waals surface area contributed by atoms with Crippen LogP contribution < -0.4 is 4.90 Å². The highest BCUT2D eigenvalue weighted by molar-refractivity contribution is 7.25. The van der Waals surface area contributed by atoms with E-state index in [0.29, 0.717) is 0 Å². The summed E-state index contributed by atoms with van der Waals surface area (Å²) in [7, 11) is 0. The SMILES string of the molecule is c1ccc(N(c2ccccc2-c2cccc3sc4ccccc4c23)c2cccc3c2-c2ccccc2C32c3ccccc3-c3ccccc32)cc1. The molecule has 0 bridgehead atoms. The molecule has 51 heavy (non-hydrogen) atoms. The molecule has 0 fully saturated rings. The van der Waals surface area contributed by atoms with Crippen molar-refractivity contribution in [1.29, 1.82) is 0 Å². The third-order valence-corrected chi connectivity index (χ3v) is 12.2. The van der Waals surface area contributed by atoms with E-state index < -0.39 is 5.41 Å². The van der Waals surface area contributed by atoms with E-state index in [2.05, 4.69) is 193 Å². The van der Waals surface area contributed by atoms with Crippen LogP contribution in [0.25, 0.3) is 53.6 Å². The van der Waals surface area contributed by atoms with E-state index in [0.717, 1.165) is 11.4 Å². The second-order valence-corrected chi connectivity index (χ2v) is 14.6. The Morgan fingerprint density at radius 1 is 0.353 bits per heavy atom. The lowest BCUT2D eigenvalue weighted by Crippen LogP contribution is -2.26. The molecule has 1 spiro atoms. The third kappa shape index (κ3) is 3.86. The first-order valence-electron chi connectivity index (χ1n) is 17.6. The van der Waals surface area contributed by atoms with E-state index in [1.807, 2.05) is 11.3 Å². The molecule has 2 aliphatic carbocycles. The van der Waals surface area contributed by atoms with Gasteiger partial charge in [0.15, 0.2) is 0 Å². The van der Waals surface area contributed by atoms with Crippen LogP contribution in [0.1, 0.15) is 22.3 Å². The van der Waals surface area contributed by atoms with Crippen molar-refractivity contribution in [3.05, 3.63) is 210 Å². The summed E-state index contributed by atoms with van der Waals surface area (Å²) in [6.45, 7) is 0. The highest BCUT2D eigenvalue weighted by Gasteiger charge is 2.52. The minimum atomic E-state index is -0.405. The van der Waals surface area contributed by atoms with Crippen molar-refractivity contribution in [1.82, 2.24) is 0 Å².